The number of halogens is 2. The molecule has 3 aromatic carbocycles. The average molecular weight is 433 g/mol. The van der Waals surface area contributed by atoms with Gasteiger partial charge in [-0.25, -0.2) is 8.78 Å². The van der Waals surface area contributed by atoms with Crippen LogP contribution in [0.2, 0.25) is 0 Å². The van der Waals surface area contributed by atoms with Gasteiger partial charge in [0, 0.05) is 49.6 Å². The topological polar surface area (TPSA) is 23.6 Å². The maximum Gasteiger partial charge on any atom is 0.254 e. The first-order valence-corrected chi connectivity index (χ1v) is 11.2. The Morgan fingerprint density at radius 3 is 2.19 bits per heavy atom. The van der Waals surface area contributed by atoms with E-state index in [-0.39, 0.29) is 35.4 Å². The van der Waals surface area contributed by atoms with Gasteiger partial charge in [0.1, 0.15) is 11.6 Å². The number of carbonyl (C=O) groups is 1. The van der Waals surface area contributed by atoms with Crippen molar-refractivity contribution in [3.8, 4) is 0 Å². The van der Waals surface area contributed by atoms with E-state index in [1.54, 1.807) is 0 Å². The molecule has 1 amide bonds. The van der Waals surface area contributed by atoms with Crippen molar-refractivity contribution < 1.29 is 13.6 Å². The smallest absolute Gasteiger partial charge is 0.254 e. The normalized spacial score (nSPS) is 23.2. The van der Waals surface area contributed by atoms with E-state index in [2.05, 4.69) is 4.90 Å². The van der Waals surface area contributed by atoms with Gasteiger partial charge in [-0.2, -0.15) is 0 Å². The summed E-state index contributed by atoms with van der Waals surface area (Å²) in [5.74, 6) is 0.0144. The van der Waals surface area contributed by atoms with Crippen LogP contribution in [-0.2, 0) is 6.54 Å². The third kappa shape index (κ3) is 4.17. The number of piperidine rings is 1. The number of carbonyl (C=O) groups excluding carboxylic acids is 1. The third-order valence-corrected chi connectivity index (χ3v) is 6.91. The summed E-state index contributed by atoms with van der Waals surface area (Å²) in [6.07, 6.45) is 0.891. The Balaban J connectivity index is 1.40. The molecule has 2 saturated heterocycles. The first kappa shape index (κ1) is 20.8. The van der Waals surface area contributed by atoms with Gasteiger partial charge in [0.25, 0.3) is 5.91 Å². The number of hydrogen-bond acceptors (Lipinski definition) is 2. The fourth-order valence-electron chi connectivity index (χ4n) is 5.34. The van der Waals surface area contributed by atoms with Crippen LogP contribution in [0.5, 0.6) is 0 Å². The molecular formula is C27H26F2N2O. The summed E-state index contributed by atoms with van der Waals surface area (Å²) >= 11 is 0. The monoisotopic (exact) mass is 432 g/mol. The molecule has 3 atom stereocenters. The second kappa shape index (κ2) is 8.83. The fourth-order valence-corrected chi connectivity index (χ4v) is 5.34. The molecule has 0 radical (unpaired) electrons. The van der Waals surface area contributed by atoms with Gasteiger partial charge in [-0.1, -0.05) is 42.5 Å². The van der Waals surface area contributed by atoms with E-state index in [0.717, 1.165) is 37.2 Å². The molecule has 2 heterocycles. The molecule has 3 unspecified atom stereocenters. The Bertz CT molecular complexity index is 1070. The van der Waals surface area contributed by atoms with Gasteiger partial charge in [0.05, 0.1) is 0 Å². The van der Waals surface area contributed by atoms with E-state index in [1.165, 1.54) is 24.3 Å². The molecule has 0 saturated carbocycles. The molecular weight excluding hydrogens is 406 g/mol. The number of fused-ring (bicyclic) bond motifs is 1. The molecule has 0 spiro atoms. The van der Waals surface area contributed by atoms with Crippen LogP contribution in [0.4, 0.5) is 8.78 Å². The lowest BCUT2D eigenvalue weighted by atomic mass is 9.81. The van der Waals surface area contributed by atoms with E-state index in [0.29, 0.717) is 12.1 Å². The van der Waals surface area contributed by atoms with E-state index in [9.17, 15) is 13.6 Å². The van der Waals surface area contributed by atoms with Crippen molar-refractivity contribution >= 4 is 5.91 Å². The van der Waals surface area contributed by atoms with Crippen LogP contribution >= 0.6 is 0 Å². The maximum atomic E-state index is 13.6. The molecule has 0 bridgehead atoms. The van der Waals surface area contributed by atoms with Crippen LogP contribution in [0.25, 0.3) is 0 Å². The lowest BCUT2D eigenvalue weighted by Crippen LogP contribution is -2.47. The Kier molecular flexibility index (Phi) is 5.75. The highest BCUT2D eigenvalue weighted by Gasteiger charge is 2.47. The SMILES string of the molecule is O=C(c1ccccc1)N1CC(c2ccc(F)cc2)C2CN(Cc3ccc(F)cc3)CCC21. The molecule has 0 N–H and O–H groups in total. The largest absolute Gasteiger partial charge is 0.335 e. The van der Waals surface area contributed by atoms with Crippen LogP contribution < -0.4 is 0 Å². The van der Waals surface area contributed by atoms with Crippen molar-refractivity contribution in [3.63, 3.8) is 0 Å². The quantitative estimate of drug-likeness (QED) is 0.573. The summed E-state index contributed by atoms with van der Waals surface area (Å²) in [6, 6.07) is 23.0. The van der Waals surface area contributed by atoms with E-state index < -0.39 is 0 Å². The minimum atomic E-state index is -0.248. The maximum absolute atomic E-state index is 13.6. The molecule has 2 fully saturated rings. The van der Waals surface area contributed by atoms with E-state index in [1.807, 2.05) is 59.5 Å². The van der Waals surface area contributed by atoms with E-state index >= 15 is 0 Å². The zero-order chi connectivity index (χ0) is 22.1. The first-order valence-electron chi connectivity index (χ1n) is 11.2. The van der Waals surface area contributed by atoms with Gasteiger partial charge in [0.15, 0.2) is 0 Å². The zero-order valence-electron chi connectivity index (χ0n) is 17.8. The zero-order valence-corrected chi connectivity index (χ0v) is 17.8. The van der Waals surface area contributed by atoms with Crippen LogP contribution in [0, 0.1) is 17.6 Å². The third-order valence-electron chi connectivity index (χ3n) is 6.91. The molecule has 5 rings (SSSR count). The molecule has 32 heavy (non-hydrogen) atoms. The van der Waals surface area contributed by atoms with Gasteiger partial charge < -0.3 is 4.90 Å². The highest BCUT2D eigenvalue weighted by Crippen LogP contribution is 2.42. The number of hydrogen-bond donors (Lipinski definition) is 0. The van der Waals surface area contributed by atoms with Gasteiger partial charge in [0.2, 0.25) is 0 Å². The van der Waals surface area contributed by atoms with Gasteiger partial charge >= 0.3 is 0 Å². The van der Waals surface area contributed by atoms with Gasteiger partial charge in [-0.05, 0) is 53.9 Å². The van der Waals surface area contributed by atoms with Crippen molar-refractivity contribution in [2.45, 2.75) is 24.9 Å². The molecule has 164 valence electrons. The molecule has 0 aliphatic carbocycles. The summed E-state index contributed by atoms with van der Waals surface area (Å²) in [6.45, 7) is 3.13. The Hall–Kier alpha value is -3.05. The van der Waals surface area contributed by atoms with Crippen molar-refractivity contribution in [3.05, 3.63) is 107 Å². The summed E-state index contributed by atoms with van der Waals surface area (Å²) < 4.78 is 26.9. The number of benzene rings is 3. The second-order valence-electron chi connectivity index (χ2n) is 8.86. The summed E-state index contributed by atoms with van der Waals surface area (Å²) in [7, 11) is 0. The Morgan fingerprint density at radius 1 is 0.844 bits per heavy atom. The highest BCUT2D eigenvalue weighted by molar-refractivity contribution is 5.94. The molecule has 5 heteroatoms. The summed E-state index contributed by atoms with van der Waals surface area (Å²) in [5.41, 5.74) is 2.87. The molecule has 3 aromatic rings. The van der Waals surface area contributed by atoms with E-state index in [4.69, 9.17) is 0 Å². The second-order valence-corrected chi connectivity index (χ2v) is 8.86. The van der Waals surface area contributed by atoms with Crippen LogP contribution in [0.15, 0.2) is 78.9 Å². The standard InChI is InChI=1S/C27H26F2N2O/c28-22-10-6-19(7-11-22)16-30-15-14-26-25(17-30)24(20-8-12-23(29)13-9-20)18-31(26)27(32)21-4-2-1-3-5-21/h1-13,24-26H,14-18H2. The predicted octanol–water partition coefficient (Wildman–Crippen LogP) is 5.10. The minimum Gasteiger partial charge on any atom is -0.335 e. The average Bonchev–Trinajstić information content (AvgIpc) is 3.20. The summed E-state index contributed by atoms with van der Waals surface area (Å²) in [5, 5.41) is 0. The van der Waals surface area contributed by atoms with Crippen molar-refractivity contribution in [1.29, 1.82) is 0 Å². The fraction of sp³-hybridized carbons (Fsp3) is 0.296. The number of likely N-dealkylation sites (tertiary alicyclic amines) is 2. The molecule has 2 aliphatic heterocycles. The molecule has 2 aliphatic rings. The van der Waals surface area contributed by atoms with Crippen LogP contribution in [-0.4, -0.2) is 41.4 Å². The van der Waals surface area contributed by atoms with Gasteiger partial charge in [-0.15, -0.1) is 0 Å². The Labute approximate surface area is 187 Å². The van der Waals surface area contributed by atoms with Crippen LogP contribution in [0.3, 0.4) is 0 Å². The number of nitrogens with zero attached hydrogens (tertiary/aromatic N) is 2. The Morgan fingerprint density at radius 2 is 1.50 bits per heavy atom. The van der Waals surface area contributed by atoms with Crippen molar-refractivity contribution in [2.24, 2.45) is 5.92 Å². The minimum absolute atomic E-state index is 0.0668. The lowest BCUT2D eigenvalue weighted by Gasteiger charge is -2.39. The van der Waals surface area contributed by atoms with Gasteiger partial charge in [-0.3, -0.25) is 9.69 Å². The van der Waals surface area contributed by atoms with Crippen molar-refractivity contribution in [2.75, 3.05) is 19.6 Å². The lowest BCUT2D eigenvalue weighted by molar-refractivity contribution is 0.0614. The first-order chi connectivity index (χ1) is 15.6. The number of rotatable bonds is 4. The highest BCUT2D eigenvalue weighted by atomic mass is 19.1. The van der Waals surface area contributed by atoms with Crippen LogP contribution in [0.1, 0.15) is 33.8 Å². The molecule has 0 aromatic heterocycles. The molecule has 3 nitrogen and oxygen atoms in total. The van der Waals surface area contributed by atoms with Crippen molar-refractivity contribution in [1.82, 2.24) is 9.80 Å². The summed E-state index contributed by atoms with van der Waals surface area (Å²) in [4.78, 5) is 17.8. The number of amides is 1. The predicted molar refractivity (Wildman–Crippen MR) is 120 cm³/mol.